The van der Waals surface area contributed by atoms with Crippen molar-refractivity contribution in [1.82, 2.24) is 0 Å². The van der Waals surface area contributed by atoms with Gasteiger partial charge in [0.1, 0.15) is 0 Å². The van der Waals surface area contributed by atoms with Crippen molar-refractivity contribution in [2.75, 3.05) is 19.8 Å². The van der Waals surface area contributed by atoms with Crippen LogP contribution in [0.5, 0.6) is 0 Å². The van der Waals surface area contributed by atoms with Gasteiger partial charge in [0, 0.05) is 13.2 Å². The molecule has 60 valence electrons. The first-order valence-electron chi connectivity index (χ1n) is 3.71. The molecule has 1 unspecified atom stereocenters. The Morgan fingerprint density at radius 1 is 1.40 bits per heavy atom. The van der Waals surface area contributed by atoms with Crippen molar-refractivity contribution in [2.24, 2.45) is 5.92 Å². The third-order valence-electron chi connectivity index (χ3n) is 2.00. The van der Waals surface area contributed by atoms with Crippen molar-refractivity contribution in [2.45, 2.75) is 18.9 Å². The van der Waals surface area contributed by atoms with Crippen LogP contribution in [0.3, 0.4) is 0 Å². The van der Waals surface area contributed by atoms with Gasteiger partial charge in [-0.2, -0.15) is 0 Å². The van der Waals surface area contributed by atoms with E-state index in [4.69, 9.17) is 9.84 Å². The van der Waals surface area contributed by atoms with Crippen molar-refractivity contribution >= 4 is 0 Å². The van der Waals surface area contributed by atoms with Crippen LogP contribution >= 0.6 is 0 Å². The summed E-state index contributed by atoms with van der Waals surface area (Å²) in [5.41, 5.74) is 0. The molecule has 0 aromatic carbocycles. The largest absolute Gasteiger partial charge is 0.394 e. The highest BCUT2D eigenvalue weighted by Crippen LogP contribution is 2.17. The van der Waals surface area contributed by atoms with Gasteiger partial charge in [-0.25, -0.2) is 0 Å². The highest BCUT2D eigenvalue weighted by atomic mass is 16.5. The van der Waals surface area contributed by atoms with Crippen LogP contribution < -0.4 is 0 Å². The van der Waals surface area contributed by atoms with Gasteiger partial charge in [-0.05, 0) is 18.8 Å². The highest BCUT2D eigenvalue weighted by molar-refractivity contribution is 4.70. The quantitative estimate of drug-likeness (QED) is 0.565. The van der Waals surface area contributed by atoms with Crippen LogP contribution in [0.25, 0.3) is 0 Å². The lowest BCUT2D eigenvalue weighted by molar-refractivity contribution is -0.0147. The number of ether oxygens (including phenoxy) is 1. The summed E-state index contributed by atoms with van der Waals surface area (Å²) >= 11 is 0. The Bertz CT molecular complexity index is 88.9. The lowest BCUT2D eigenvalue weighted by Crippen LogP contribution is -2.29. The molecule has 0 radical (unpaired) electrons. The summed E-state index contributed by atoms with van der Waals surface area (Å²) in [6.45, 7) is 1.33. The molecule has 1 fully saturated rings. The van der Waals surface area contributed by atoms with Crippen LogP contribution in [0.1, 0.15) is 12.8 Å². The number of hydrogen-bond donors (Lipinski definition) is 2. The van der Waals surface area contributed by atoms with Gasteiger partial charge in [-0.1, -0.05) is 0 Å². The van der Waals surface area contributed by atoms with E-state index in [0.29, 0.717) is 0 Å². The van der Waals surface area contributed by atoms with Crippen LogP contribution in [0, 0.1) is 5.92 Å². The summed E-state index contributed by atoms with van der Waals surface area (Å²) in [4.78, 5) is 0. The Balaban J connectivity index is 2.24. The second-order valence-corrected chi connectivity index (χ2v) is 2.70. The number of aliphatic hydroxyl groups excluding tert-OH is 2. The van der Waals surface area contributed by atoms with E-state index in [0.717, 1.165) is 26.1 Å². The maximum atomic E-state index is 9.18. The zero-order valence-corrected chi connectivity index (χ0v) is 5.99. The molecule has 1 rings (SSSR count). The molecular weight excluding hydrogens is 132 g/mol. The average Bonchev–Trinajstić information content (AvgIpc) is 2.05. The van der Waals surface area contributed by atoms with Crippen LogP contribution in [0.15, 0.2) is 0 Å². The summed E-state index contributed by atoms with van der Waals surface area (Å²) in [5, 5.41) is 17.8. The average molecular weight is 146 g/mol. The fourth-order valence-electron chi connectivity index (χ4n) is 1.25. The Morgan fingerprint density at radius 3 is 2.50 bits per heavy atom. The second-order valence-electron chi connectivity index (χ2n) is 2.70. The van der Waals surface area contributed by atoms with E-state index < -0.39 is 6.10 Å². The molecule has 0 aliphatic carbocycles. The Hall–Kier alpha value is -0.120. The van der Waals surface area contributed by atoms with Gasteiger partial charge < -0.3 is 14.9 Å². The van der Waals surface area contributed by atoms with Crippen molar-refractivity contribution in [3.63, 3.8) is 0 Å². The van der Waals surface area contributed by atoms with Gasteiger partial charge in [0.05, 0.1) is 12.7 Å². The summed E-state index contributed by atoms with van der Waals surface area (Å²) in [5.74, 6) is 0.249. The first-order valence-corrected chi connectivity index (χ1v) is 3.71. The number of hydrogen-bond acceptors (Lipinski definition) is 3. The van der Waals surface area contributed by atoms with Crippen molar-refractivity contribution < 1.29 is 14.9 Å². The van der Waals surface area contributed by atoms with Crippen molar-refractivity contribution in [3.05, 3.63) is 0 Å². The summed E-state index contributed by atoms with van der Waals surface area (Å²) < 4.78 is 5.10. The van der Waals surface area contributed by atoms with Gasteiger partial charge in [-0.15, -0.1) is 0 Å². The van der Waals surface area contributed by atoms with Gasteiger partial charge in [0.2, 0.25) is 0 Å². The number of rotatable bonds is 2. The van der Waals surface area contributed by atoms with Crippen molar-refractivity contribution in [3.8, 4) is 0 Å². The van der Waals surface area contributed by atoms with E-state index in [1.54, 1.807) is 0 Å². The topological polar surface area (TPSA) is 49.7 Å². The zero-order valence-electron chi connectivity index (χ0n) is 5.99. The smallest absolute Gasteiger partial charge is 0.0800 e. The van der Waals surface area contributed by atoms with E-state index in [9.17, 15) is 5.11 Å². The maximum absolute atomic E-state index is 9.18. The fourth-order valence-corrected chi connectivity index (χ4v) is 1.25. The molecule has 2 N–H and O–H groups in total. The van der Waals surface area contributed by atoms with Crippen LogP contribution in [0.4, 0.5) is 0 Å². The molecule has 1 atom stereocenters. The Labute approximate surface area is 60.6 Å². The predicted molar refractivity (Wildman–Crippen MR) is 36.6 cm³/mol. The standard InChI is InChI=1S/C7H14O3/c8-5-7(9)6-1-3-10-4-2-6/h6-9H,1-5H2. The molecule has 1 aliphatic heterocycles. The monoisotopic (exact) mass is 146 g/mol. The van der Waals surface area contributed by atoms with E-state index in [2.05, 4.69) is 0 Å². The molecule has 10 heavy (non-hydrogen) atoms. The highest BCUT2D eigenvalue weighted by Gasteiger charge is 2.20. The SMILES string of the molecule is OCC(O)C1CCOCC1. The molecule has 0 amide bonds. The van der Waals surface area contributed by atoms with Crippen LogP contribution in [-0.2, 0) is 4.74 Å². The third kappa shape index (κ3) is 1.94. The molecule has 3 heteroatoms. The molecule has 3 nitrogen and oxygen atoms in total. The second kappa shape index (κ2) is 3.91. The molecule has 0 aromatic heterocycles. The minimum absolute atomic E-state index is 0.120. The minimum atomic E-state index is -0.538. The van der Waals surface area contributed by atoms with Crippen LogP contribution in [-0.4, -0.2) is 36.1 Å². The van der Waals surface area contributed by atoms with Gasteiger partial charge in [-0.3, -0.25) is 0 Å². The lowest BCUT2D eigenvalue weighted by Gasteiger charge is -2.25. The normalized spacial score (nSPS) is 24.6. The number of aliphatic hydroxyl groups is 2. The Morgan fingerprint density at radius 2 is 2.00 bits per heavy atom. The first-order chi connectivity index (χ1) is 4.84. The maximum Gasteiger partial charge on any atom is 0.0800 e. The van der Waals surface area contributed by atoms with Crippen LogP contribution in [0.2, 0.25) is 0 Å². The summed E-state index contributed by atoms with van der Waals surface area (Å²) in [6, 6.07) is 0. The van der Waals surface area contributed by atoms with Crippen molar-refractivity contribution in [1.29, 1.82) is 0 Å². The molecule has 0 bridgehead atoms. The molecule has 1 saturated heterocycles. The van der Waals surface area contributed by atoms with E-state index >= 15 is 0 Å². The zero-order chi connectivity index (χ0) is 7.40. The molecule has 0 aromatic rings. The third-order valence-corrected chi connectivity index (χ3v) is 2.00. The van der Waals surface area contributed by atoms with E-state index in [1.165, 1.54) is 0 Å². The Kier molecular flexibility index (Phi) is 3.12. The molecular formula is C7H14O3. The predicted octanol–water partition coefficient (Wildman–Crippen LogP) is -0.234. The molecule has 1 heterocycles. The summed E-state index contributed by atoms with van der Waals surface area (Å²) in [7, 11) is 0. The lowest BCUT2D eigenvalue weighted by atomic mass is 9.94. The van der Waals surface area contributed by atoms with Gasteiger partial charge in [0.25, 0.3) is 0 Å². The first kappa shape index (κ1) is 7.98. The van der Waals surface area contributed by atoms with E-state index in [-0.39, 0.29) is 12.5 Å². The minimum Gasteiger partial charge on any atom is -0.394 e. The molecule has 0 spiro atoms. The molecule has 1 aliphatic rings. The van der Waals surface area contributed by atoms with Gasteiger partial charge >= 0.3 is 0 Å². The molecule has 0 saturated carbocycles. The summed E-state index contributed by atoms with van der Waals surface area (Å²) in [6.07, 6.45) is 1.22. The van der Waals surface area contributed by atoms with Gasteiger partial charge in [0.15, 0.2) is 0 Å². The van der Waals surface area contributed by atoms with E-state index in [1.807, 2.05) is 0 Å². The fraction of sp³-hybridized carbons (Fsp3) is 1.00.